The molecule has 13 rings (SSSR count). The SMILES string of the molecule is CC(C)(C)c1ccc(B(O)O)cc1.COC(=O)CC(C)=O.COC(=O)c1c(C)nc2cc(Cl)ccn12.Cc1nc2cc(-c3ccc(C(C)(C)C)cc3)ccn2c1C(=O)C[C@@H](CCN)C(=O)N(C)[C@@H]1C(=O)C[C@@H](C)C(=O)N[C@H](C(=O)CCC#N)Cc2ccc(OCCN)c(c2)-c2cc1ccc2OCCN.Cc1nc2cc(-c3ccc(C(C)(C)C)cc3)ccn2c1C(=O)O.Nc1cc(Cl)ccn1. The number of aromatic nitrogens is 7. The van der Waals surface area contributed by atoms with Crippen molar-refractivity contribution in [3.63, 3.8) is 0 Å². The fourth-order valence-corrected chi connectivity index (χ4v) is 15.2. The fourth-order valence-electron chi connectivity index (χ4n) is 14.9. The van der Waals surface area contributed by atoms with E-state index < -0.39 is 66.5 Å². The first-order valence-electron chi connectivity index (χ1n) is 44.0. The van der Waals surface area contributed by atoms with Gasteiger partial charge in [-0.2, -0.15) is 5.26 Å². The summed E-state index contributed by atoms with van der Waals surface area (Å²) in [5, 5.41) is 40.4. The van der Waals surface area contributed by atoms with E-state index in [0.717, 1.165) is 22.3 Å². The van der Waals surface area contributed by atoms with Crippen LogP contribution < -0.4 is 43.2 Å². The number of likely N-dealkylation sites (N-methyl/N-ethyl adjacent to an activating group) is 1. The predicted octanol–water partition coefficient (Wildman–Crippen LogP) is 14.7. The molecule has 0 unspecified atom stereocenters. The van der Waals surface area contributed by atoms with Crippen molar-refractivity contribution in [2.24, 2.45) is 29.0 Å². The number of nitrogens with one attached hydrogen (secondary N) is 1. The van der Waals surface area contributed by atoms with Gasteiger partial charge in [0.15, 0.2) is 28.7 Å². The van der Waals surface area contributed by atoms with Crippen LogP contribution in [0.15, 0.2) is 183 Å². The second-order valence-corrected chi connectivity index (χ2v) is 36.5. The van der Waals surface area contributed by atoms with E-state index in [4.69, 9.17) is 70.6 Å². The smallest absolute Gasteiger partial charge is 0.488 e. The van der Waals surface area contributed by atoms with Crippen LogP contribution >= 0.6 is 23.2 Å². The Balaban J connectivity index is 0.000000264. The van der Waals surface area contributed by atoms with Crippen LogP contribution in [0.4, 0.5) is 5.82 Å². The van der Waals surface area contributed by atoms with Crippen LogP contribution in [0, 0.1) is 43.9 Å². The molecule has 7 aromatic heterocycles. The number of methoxy groups -OCH3 is 2. The lowest BCUT2D eigenvalue weighted by molar-refractivity contribution is -0.143. The normalized spacial score (nSPS) is 13.8. The van der Waals surface area contributed by atoms with Gasteiger partial charge in [0.05, 0.1) is 43.4 Å². The summed E-state index contributed by atoms with van der Waals surface area (Å²) >= 11 is 11.3. The number of fused-ring (bicyclic) bond motifs is 8. The number of rotatable bonds is 23. The van der Waals surface area contributed by atoms with Gasteiger partial charge in [-0.25, -0.2) is 29.5 Å². The van der Waals surface area contributed by atoms with Gasteiger partial charge in [-0.05, 0) is 186 Å². The van der Waals surface area contributed by atoms with E-state index in [2.05, 4.69) is 141 Å². The molecule has 0 spiro atoms. The number of anilines is 1. The molecule has 5 aromatic carbocycles. The molecule has 1 aliphatic rings. The molecule has 12 N–H and O–H groups in total. The minimum Gasteiger partial charge on any atom is -0.492 e. The molecule has 1 aliphatic heterocycles. The van der Waals surface area contributed by atoms with Crippen LogP contribution in [0.1, 0.15) is 197 Å². The number of ketones is 4. The van der Waals surface area contributed by atoms with Crippen molar-refractivity contribution < 1.29 is 77.3 Å². The van der Waals surface area contributed by atoms with E-state index >= 15 is 0 Å². The number of amides is 2. The average molecular weight is 1880 g/mol. The Bertz CT molecular complexity index is 6230. The molecule has 712 valence electrons. The van der Waals surface area contributed by atoms with Gasteiger partial charge in [0.25, 0.3) is 0 Å². The quantitative estimate of drug-likeness (QED) is 0.0128. The number of carbonyl (C=O) groups excluding carboxylic acids is 8. The van der Waals surface area contributed by atoms with Crippen LogP contribution in [-0.4, -0.2) is 173 Å². The number of carboxylic acids is 1. The Kier molecular flexibility index (Phi) is 38.5. The number of nitriles is 1. The Morgan fingerprint density at radius 2 is 1.09 bits per heavy atom. The number of aromatic carboxylic acids is 1. The van der Waals surface area contributed by atoms with Crippen LogP contribution in [0.3, 0.4) is 0 Å². The standard InChI is InChI=1S/C53H64N8O7.C19H20N2O2.C10H15BO2.C10H9ClN2O2.C5H5ClN2.C5H8O3/c1-32-26-44(63)50(37-12-16-47(68-25-22-57)41(29-37)40-27-34(9-15-46(40)67-24-21-56)28-42(59-51(32)65)43(62)8-7-19-54)60(6)52(66)38(17-20-55)30-45(64)49-33(2)58-48-31-36(18-23-61(48)49)35-10-13-39(14-11-35)53(3,4)5;1-12-17(18(22)23)21-10-9-14(11-16(21)20-12)13-5-7-15(8-6-13)19(2,3)4;1-10(2,3)8-4-6-9(7-5-8)11(12)13;1-6-9(10(14)15-2)13-4-3-7(11)5-8(13)12-6;6-4-1-2-8-5(7)3-4;1-4(6)3-5(7)8-2/h9-16,18,23,27,29,31-32,38,42,50H,7-8,17,20-22,24-26,28,30,55-57H2,1-6H3,(H,59,65);5-11H,1-4H3,(H,22,23);4-7,12-13H,1-3H3;3-5H,1-2H3;1-3H,(H2,7,8);3H2,1-2H3/t32-,38-,42+,50+;;;;;/m1...../s1. The number of aryl methyl sites for hydroxylation is 3. The summed E-state index contributed by atoms with van der Waals surface area (Å²) in [5.74, 6) is -4.66. The number of ether oxygens (including phenoxy) is 4. The third-order valence-corrected chi connectivity index (χ3v) is 22.6. The molecule has 0 saturated heterocycles. The molecular weight excluding hydrogens is 1760 g/mol. The van der Waals surface area contributed by atoms with Gasteiger partial charge in [0, 0.05) is 110 Å². The first-order chi connectivity index (χ1) is 63.7. The Labute approximate surface area is 797 Å². The Morgan fingerprint density at radius 3 is 1.55 bits per heavy atom. The number of hydrogen-bond donors (Lipinski definition) is 8. The number of carboxylic acid groups (broad SMARTS) is 1. The van der Waals surface area contributed by atoms with Gasteiger partial charge in [-0.1, -0.05) is 177 Å². The molecular formula is C102H121BCl2N14O16. The highest BCUT2D eigenvalue weighted by atomic mass is 35.5. The third kappa shape index (κ3) is 29.3. The van der Waals surface area contributed by atoms with E-state index in [1.165, 1.54) is 49.8 Å². The molecule has 30 nitrogen and oxygen atoms in total. The zero-order chi connectivity index (χ0) is 99.7. The maximum Gasteiger partial charge on any atom is 0.488 e. The number of carbonyl (C=O) groups is 9. The number of benzene rings is 5. The molecule has 12 aromatic rings. The maximum atomic E-state index is 14.9. The van der Waals surface area contributed by atoms with Crippen molar-refractivity contribution in [3.05, 3.63) is 255 Å². The van der Waals surface area contributed by atoms with Crippen molar-refractivity contribution in [2.75, 3.05) is 59.8 Å². The van der Waals surface area contributed by atoms with Gasteiger partial charge >= 0.3 is 25.0 Å². The predicted molar refractivity (Wildman–Crippen MR) is 524 cm³/mol. The Morgan fingerprint density at radius 1 is 0.607 bits per heavy atom. The highest BCUT2D eigenvalue weighted by Crippen LogP contribution is 2.42. The molecule has 0 radical (unpaired) electrons. The van der Waals surface area contributed by atoms with E-state index in [-0.39, 0.29) is 117 Å². The summed E-state index contributed by atoms with van der Waals surface area (Å²) in [6.07, 6.45) is 6.36. The first kappa shape index (κ1) is 107. The molecule has 0 aliphatic carbocycles. The lowest BCUT2D eigenvalue weighted by Gasteiger charge is -2.32. The highest BCUT2D eigenvalue weighted by molar-refractivity contribution is 6.58. The number of halogens is 2. The number of nitrogens with zero attached hydrogens (tertiary/aromatic N) is 9. The molecule has 4 atom stereocenters. The van der Waals surface area contributed by atoms with E-state index in [9.17, 15) is 53.5 Å². The molecule has 0 fully saturated rings. The van der Waals surface area contributed by atoms with E-state index in [0.29, 0.717) is 100 Å². The Hall–Kier alpha value is -13.3. The van der Waals surface area contributed by atoms with Gasteiger partial charge in [-0.15, -0.1) is 0 Å². The van der Waals surface area contributed by atoms with Gasteiger partial charge in [-0.3, -0.25) is 46.8 Å². The van der Waals surface area contributed by atoms with Crippen molar-refractivity contribution in [1.82, 2.24) is 43.4 Å². The average Bonchev–Trinajstić information content (AvgIpc) is 1.77. The summed E-state index contributed by atoms with van der Waals surface area (Å²) in [6, 6.07) is 48.9. The number of pyridine rings is 4. The van der Waals surface area contributed by atoms with Crippen molar-refractivity contribution in [1.29, 1.82) is 5.26 Å². The van der Waals surface area contributed by atoms with Crippen LogP contribution in [-0.2, 0) is 60.9 Å². The second kappa shape index (κ2) is 48.6. The lowest BCUT2D eigenvalue weighted by atomic mass is 9.78. The molecule has 135 heavy (non-hydrogen) atoms. The fraction of sp³-hybridized carbons (Fsp3) is 0.353. The lowest BCUT2D eigenvalue weighted by Crippen LogP contribution is -2.46. The monoisotopic (exact) mass is 1880 g/mol. The topological polar surface area (TPSA) is 459 Å². The molecule has 4 bridgehead atoms. The van der Waals surface area contributed by atoms with E-state index in [1.54, 1.807) is 126 Å². The zero-order valence-corrected chi connectivity index (χ0v) is 80.9. The molecule has 8 heterocycles. The number of hydrogen-bond acceptors (Lipinski definition) is 24. The summed E-state index contributed by atoms with van der Waals surface area (Å²) in [7, 11) is 2.75. The van der Waals surface area contributed by atoms with Crippen LogP contribution in [0.5, 0.6) is 11.5 Å². The van der Waals surface area contributed by atoms with Crippen molar-refractivity contribution in [3.8, 4) is 50.9 Å². The van der Waals surface area contributed by atoms with Crippen LogP contribution in [0.2, 0.25) is 10.0 Å². The van der Waals surface area contributed by atoms with Crippen molar-refractivity contribution in [2.45, 2.75) is 170 Å². The zero-order valence-electron chi connectivity index (χ0n) is 79.4. The summed E-state index contributed by atoms with van der Waals surface area (Å²) in [6.45, 7) is 28.5. The first-order valence-corrected chi connectivity index (χ1v) is 44.7. The van der Waals surface area contributed by atoms with Crippen molar-refractivity contribution >= 4 is 111 Å². The van der Waals surface area contributed by atoms with E-state index in [1.807, 2.05) is 54.7 Å². The third-order valence-electron chi connectivity index (χ3n) is 22.1. The van der Waals surface area contributed by atoms with Crippen LogP contribution in [0.25, 0.3) is 50.3 Å². The summed E-state index contributed by atoms with van der Waals surface area (Å²) in [5.41, 5.74) is 38.4. The molecule has 0 saturated carbocycles. The highest BCUT2D eigenvalue weighted by Gasteiger charge is 2.38. The number of esters is 2. The number of nitrogens with two attached hydrogens (primary N) is 4. The summed E-state index contributed by atoms with van der Waals surface area (Å²) in [4.78, 5) is 133. The minimum absolute atomic E-state index is 0.00916. The molecule has 2 amide bonds. The van der Waals surface area contributed by atoms with Gasteiger partial charge in [0.1, 0.15) is 71.4 Å². The summed E-state index contributed by atoms with van der Waals surface area (Å²) < 4.78 is 26.2. The maximum absolute atomic E-state index is 14.9. The molecule has 33 heteroatoms. The number of imidazole rings is 3. The minimum atomic E-state index is -1.37. The number of nitrogen functional groups attached to an aromatic ring is 1. The second-order valence-electron chi connectivity index (χ2n) is 35.6. The van der Waals surface area contributed by atoms with Gasteiger partial charge < -0.3 is 67.3 Å². The van der Waals surface area contributed by atoms with Gasteiger partial charge in [0.2, 0.25) is 11.8 Å². The number of Topliss-reactive ketones (excluding diaryl/α,β-unsaturated/α-hetero) is 4. The largest absolute Gasteiger partial charge is 0.492 e.